The van der Waals surface area contributed by atoms with Crippen molar-refractivity contribution in [1.82, 2.24) is 4.57 Å². The van der Waals surface area contributed by atoms with Gasteiger partial charge in [-0.15, -0.1) is 11.3 Å². The van der Waals surface area contributed by atoms with E-state index in [0.717, 1.165) is 40.2 Å². The standard InChI is InChI=1S/C20H19N3O2S/c1-13-3-10-18(14(2)11-13)21-20-22(16-8-9-16)19(12-26-20)15-4-6-17(7-5-15)23(24)25/h3-7,10-12,16H,8-9H2,1-2H3. The number of nitrogens with zero attached hydrogens (tertiary/aromatic N) is 3. The molecule has 1 aliphatic rings. The monoisotopic (exact) mass is 365 g/mol. The van der Waals surface area contributed by atoms with Gasteiger partial charge >= 0.3 is 0 Å². The first-order valence-electron chi connectivity index (χ1n) is 8.60. The van der Waals surface area contributed by atoms with E-state index < -0.39 is 0 Å². The van der Waals surface area contributed by atoms with E-state index in [1.807, 2.05) is 12.1 Å². The van der Waals surface area contributed by atoms with Gasteiger partial charge in [0.25, 0.3) is 5.69 Å². The molecule has 0 bridgehead atoms. The first kappa shape index (κ1) is 16.7. The summed E-state index contributed by atoms with van der Waals surface area (Å²) in [6.07, 6.45) is 2.30. The zero-order chi connectivity index (χ0) is 18.3. The summed E-state index contributed by atoms with van der Waals surface area (Å²) in [4.78, 5) is 16.4. The topological polar surface area (TPSA) is 60.4 Å². The number of benzene rings is 2. The van der Waals surface area contributed by atoms with Gasteiger partial charge < -0.3 is 4.57 Å². The van der Waals surface area contributed by atoms with Crippen molar-refractivity contribution in [1.29, 1.82) is 0 Å². The van der Waals surface area contributed by atoms with Crippen LogP contribution in [0, 0.1) is 24.0 Å². The van der Waals surface area contributed by atoms with Crippen molar-refractivity contribution >= 4 is 22.7 Å². The van der Waals surface area contributed by atoms with E-state index >= 15 is 0 Å². The number of nitro benzene ring substituents is 1. The highest BCUT2D eigenvalue weighted by Gasteiger charge is 2.27. The SMILES string of the molecule is Cc1ccc(N=c2scc(-c3ccc([N+](=O)[O-])cc3)n2C2CC2)c(C)c1. The van der Waals surface area contributed by atoms with Crippen LogP contribution in [0.25, 0.3) is 11.3 Å². The lowest BCUT2D eigenvalue weighted by molar-refractivity contribution is -0.384. The van der Waals surface area contributed by atoms with E-state index in [2.05, 4.69) is 42.0 Å². The second-order valence-electron chi connectivity index (χ2n) is 6.71. The summed E-state index contributed by atoms with van der Waals surface area (Å²) in [6.45, 7) is 4.16. The highest BCUT2D eigenvalue weighted by molar-refractivity contribution is 7.07. The molecule has 0 unspecified atom stereocenters. The molecule has 0 saturated heterocycles. The molecular formula is C20H19N3O2S. The third-order valence-electron chi connectivity index (χ3n) is 4.60. The van der Waals surface area contributed by atoms with Crippen LogP contribution in [-0.2, 0) is 0 Å². The summed E-state index contributed by atoms with van der Waals surface area (Å²) in [7, 11) is 0. The van der Waals surface area contributed by atoms with Crippen molar-refractivity contribution in [3.8, 4) is 11.3 Å². The number of aromatic nitrogens is 1. The fourth-order valence-corrected chi connectivity index (χ4v) is 4.06. The molecule has 1 heterocycles. The predicted octanol–water partition coefficient (Wildman–Crippen LogP) is 5.31. The van der Waals surface area contributed by atoms with Gasteiger partial charge in [-0.2, -0.15) is 0 Å². The second kappa shape index (κ2) is 6.53. The van der Waals surface area contributed by atoms with Crippen molar-refractivity contribution in [2.45, 2.75) is 32.7 Å². The molecule has 1 saturated carbocycles. The Bertz CT molecular complexity index is 1040. The molecule has 1 aromatic heterocycles. The average Bonchev–Trinajstić information content (AvgIpc) is 3.37. The van der Waals surface area contributed by atoms with Gasteiger partial charge in [0.2, 0.25) is 0 Å². The number of non-ortho nitro benzene ring substituents is 1. The Morgan fingerprint density at radius 2 is 1.88 bits per heavy atom. The smallest absolute Gasteiger partial charge is 0.269 e. The molecule has 0 N–H and O–H groups in total. The van der Waals surface area contributed by atoms with E-state index in [4.69, 9.17) is 4.99 Å². The van der Waals surface area contributed by atoms with Gasteiger partial charge in [0.05, 0.1) is 16.3 Å². The second-order valence-corrected chi connectivity index (χ2v) is 7.55. The number of rotatable bonds is 4. The van der Waals surface area contributed by atoms with Crippen LogP contribution in [0.3, 0.4) is 0 Å². The van der Waals surface area contributed by atoms with E-state index in [1.165, 1.54) is 5.56 Å². The summed E-state index contributed by atoms with van der Waals surface area (Å²) in [6, 6.07) is 13.5. The maximum Gasteiger partial charge on any atom is 0.269 e. The van der Waals surface area contributed by atoms with Crippen molar-refractivity contribution in [2.24, 2.45) is 4.99 Å². The van der Waals surface area contributed by atoms with E-state index in [9.17, 15) is 10.1 Å². The van der Waals surface area contributed by atoms with E-state index in [0.29, 0.717) is 6.04 Å². The Balaban J connectivity index is 1.81. The molecule has 3 aromatic rings. The molecule has 0 aliphatic heterocycles. The van der Waals surface area contributed by atoms with E-state index in [1.54, 1.807) is 23.5 Å². The van der Waals surface area contributed by atoms with Crippen LogP contribution in [0.5, 0.6) is 0 Å². The Labute approximate surface area is 155 Å². The minimum absolute atomic E-state index is 0.113. The Morgan fingerprint density at radius 1 is 1.15 bits per heavy atom. The summed E-state index contributed by atoms with van der Waals surface area (Å²) < 4.78 is 2.28. The van der Waals surface area contributed by atoms with Gasteiger partial charge in [-0.3, -0.25) is 10.1 Å². The highest BCUT2D eigenvalue weighted by Crippen LogP contribution is 2.38. The van der Waals surface area contributed by atoms with Gasteiger partial charge in [-0.25, -0.2) is 4.99 Å². The first-order valence-corrected chi connectivity index (χ1v) is 9.48. The zero-order valence-corrected chi connectivity index (χ0v) is 15.5. The Hall–Kier alpha value is -2.73. The molecule has 6 heteroatoms. The summed E-state index contributed by atoms with van der Waals surface area (Å²) in [5, 5.41) is 13.0. The van der Waals surface area contributed by atoms with Crippen LogP contribution in [0.15, 0.2) is 52.8 Å². The average molecular weight is 365 g/mol. The van der Waals surface area contributed by atoms with Crippen molar-refractivity contribution in [3.63, 3.8) is 0 Å². The van der Waals surface area contributed by atoms with Crippen molar-refractivity contribution in [2.75, 3.05) is 0 Å². The molecule has 1 aliphatic carbocycles. The lowest BCUT2D eigenvalue weighted by atomic mass is 10.1. The maximum atomic E-state index is 10.9. The molecule has 2 aromatic carbocycles. The predicted molar refractivity (Wildman–Crippen MR) is 104 cm³/mol. The fraction of sp³-hybridized carbons (Fsp3) is 0.250. The molecule has 0 amide bonds. The Morgan fingerprint density at radius 3 is 2.50 bits per heavy atom. The minimum atomic E-state index is -0.368. The fourth-order valence-electron chi connectivity index (χ4n) is 3.09. The van der Waals surface area contributed by atoms with Gasteiger partial charge in [0.15, 0.2) is 4.80 Å². The molecule has 0 atom stereocenters. The number of thiazole rings is 1. The van der Waals surface area contributed by atoms with Crippen molar-refractivity contribution < 1.29 is 4.92 Å². The lowest BCUT2D eigenvalue weighted by Gasteiger charge is -2.08. The number of hydrogen-bond acceptors (Lipinski definition) is 4. The number of nitro groups is 1. The van der Waals surface area contributed by atoms with Gasteiger partial charge in [0, 0.05) is 23.6 Å². The molecule has 5 nitrogen and oxygen atoms in total. The van der Waals surface area contributed by atoms with Crippen LogP contribution < -0.4 is 4.80 Å². The maximum absolute atomic E-state index is 10.9. The molecule has 132 valence electrons. The van der Waals surface area contributed by atoms with Gasteiger partial charge in [-0.1, -0.05) is 17.7 Å². The number of hydrogen-bond donors (Lipinski definition) is 0. The zero-order valence-electron chi connectivity index (χ0n) is 14.7. The third kappa shape index (κ3) is 3.20. The van der Waals surface area contributed by atoms with Crippen LogP contribution in [0.2, 0.25) is 0 Å². The van der Waals surface area contributed by atoms with E-state index in [-0.39, 0.29) is 10.6 Å². The van der Waals surface area contributed by atoms with Crippen LogP contribution in [0.4, 0.5) is 11.4 Å². The number of aryl methyl sites for hydroxylation is 2. The summed E-state index contributed by atoms with van der Waals surface area (Å²) >= 11 is 1.62. The molecule has 4 rings (SSSR count). The van der Waals surface area contributed by atoms with Crippen LogP contribution in [-0.4, -0.2) is 9.49 Å². The van der Waals surface area contributed by atoms with Gasteiger partial charge in [-0.05, 0) is 56.0 Å². The van der Waals surface area contributed by atoms with Crippen molar-refractivity contribution in [3.05, 3.63) is 73.9 Å². The minimum Gasteiger partial charge on any atom is -0.313 e. The third-order valence-corrected chi connectivity index (χ3v) is 5.44. The molecule has 26 heavy (non-hydrogen) atoms. The normalized spacial score (nSPS) is 14.6. The molecule has 1 fully saturated rings. The van der Waals surface area contributed by atoms with Crippen LogP contribution in [0.1, 0.15) is 30.0 Å². The summed E-state index contributed by atoms with van der Waals surface area (Å²) in [5.74, 6) is 0. The highest BCUT2D eigenvalue weighted by atomic mass is 32.1. The molecular weight excluding hydrogens is 346 g/mol. The quantitative estimate of drug-likeness (QED) is 0.465. The summed E-state index contributed by atoms with van der Waals surface area (Å²) in [5.41, 5.74) is 5.56. The first-order chi connectivity index (χ1) is 12.5. The van der Waals surface area contributed by atoms with Gasteiger partial charge in [0.1, 0.15) is 0 Å². The Kier molecular flexibility index (Phi) is 4.20. The molecule has 0 spiro atoms. The van der Waals surface area contributed by atoms with Crippen LogP contribution >= 0.6 is 11.3 Å². The molecule has 0 radical (unpaired) electrons. The largest absolute Gasteiger partial charge is 0.313 e. The lowest BCUT2D eigenvalue weighted by Crippen LogP contribution is -2.14.